The van der Waals surface area contributed by atoms with E-state index in [4.69, 9.17) is 16.2 Å². The summed E-state index contributed by atoms with van der Waals surface area (Å²) in [5.41, 5.74) is 14.9. The number of nitrogen functional groups attached to an aromatic ring is 2. The van der Waals surface area contributed by atoms with Crippen LogP contribution in [0.4, 0.5) is 11.4 Å². The monoisotopic (exact) mass is 258 g/mol. The highest BCUT2D eigenvalue weighted by atomic mass is 16.5. The van der Waals surface area contributed by atoms with Gasteiger partial charge < -0.3 is 16.2 Å². The average Bonchev–Trinajstić information content (AvgIpc) is 2.44. The van der Waals surface area contributed by atoms with Gasteiger partial charge in [-0.05, 0) is 37.1 Å². The third-order valence-corrected chi connectivity index (χ3v) is 2.60. The summed E-state index contributed by atoms with van der Waals surface area (Å²) >= 11 is 0. The van der Waals surface area contributed by atoms with Crippen molar-refractivity contribution in [3.63, 3.8) is 0 Å². The summed E-state index contributed by atoms with van der Waals surface area (Å²) in [4.78, 5) is 0. The first-order chi connectivity index (χ1) is 9.19. The molecule has 0 bridgehead atoms. The van der Waals surface area contributed by atoms with Crippen molar-refractivity contribution in [1.29, 1.82) is 0 Å². The molecule has 2 aromatic rings. The second-order valence-corrected chi connectivity index (χ2v) is 3.99. The Hall–Kier alpha value is -2.00. The molecule has 0 saturated heterocycles. The summed E-state index contributed by atoms with van der Waals surface area (Å²) in [7, 11) is 0. The maximum absolute atomic E-state index is 5.73. The van der Waals surface area contributed by atoms with E-state index >= 15 is 0 Å². The van der Waals surface area contributed by atoms with Crippen LogP contribution in [0.25, 0.3) is 11.1 Å². The Morgan fingerprint density at radius 3 is 1.89 bits per heavy atom. The molecule has 4 N–H and O–H groups in total. The molecule has 0 amide bonds. The highest BCUT2D eigenvalue weighted by Crippen LogP contribution is 2.24. The fourth-order valence-electron chi connectivity index (χ4n) is 1.59. The maximum Gasteiger partial charge on any atom is 0.0554 e. The van der Waals surface area contributed by atoms with E-state index in [1.54, 1.807) is 0 Å². The summed E-state index contributed by atoms with van der Waals surface area (Å²) in [6.07, 6.45) is 0. The van der Waals surface area contributed by atoms with Crippen LogP contribution in [0.3, 0.4) is 0 Å². The van der Waals surface area contributed by atoms with Crippen molar-refractivity contribution in [3.05, 3.63) is 48.5 Å². The maximum atomic E-state index is 5.73. The lowest BCUT2D eigenvalue weighted by molar-refractivity contribution is 0.162. The van der Waals surface area contributed by atoms with Gasteiger partial charge in [-0.25, -0.2) is 0 Å². The van der Waals surface area contributed by atoms with Crippen molar-refractivity contribution in [2.75, 3.05) is 24.7 Å². The van der Waals surface area contributed by atoms with Crippen LogP contribution in [0.5, 0.6) is 0 Å². The van der Waals surface area contributed by atoms with Gasteiger partial charge in [0.2, 0.25) is 0 Å². The van der Waals surface area contributed by atoms with E-state index in [0.717, 1.165) is 24.3 Å². The Morgan fingerprint density at radius 2 is 1.42 bits per heavy atom. The summed E-state index contributed by atoms with van der Waals surface area (Å²) in [6, 6.07) is 15.8. The number of rotatable bonds is 3. The van der Waals surface area contributed by atoms with Crippen LogP contribution in [-0.2, 0) is 4.74 Å². The second kappa shape index (κ2) is 8.16. The van der Waals surface area contributed by atoms with Gasteiger partial charge in [-0.2, -0.15) is 0 Å². The molecule has 0 unspecified atom stereocenters. The molecule has 19 heavy (non-hydrogen) atoms. The molecule has 0 aliphatic heterocycles. The zero-order chi connectivity index (χ0) is 14.1. The smallest absolute Gasteiger partial charge is 0.0554 e. The average molecular weight is 258 g/mol. The largest absolute Gasteiger partial charge is 0.397 e. The molecular formula is C16H22N2O. The van der Waals surface area contributed by atoms with Crippen LogP contribution >= 0.6 is 0 Å². The first-order valence-corrected chi connectivity index (χ1v) is 6.47. The van der Waals surface area contributed by atoms with Crippen LogP contribution in [0.1, 0.15) is 13.8 Å². The Balaban J connectivity index is 0.000000312. The first kappa shape index (κ1) is 15.1. The number of ether oxygens (including phenoxy) is 1. The van der Waals surface area contributed by atoms with Crippen molar-refractivity contribution in [1.82, 2.24) is 0 Å². The molecule has 0 aliphatic rings. The fourth-order valence-corrected chi connectivity index (χ4v) is 1.59. The Morgan fingerprint density at radius 1 is 0.789 bits per heavy atom. The van der Waals surface area contributed by atoms with E-state index in [1.165, 1.54) is 0 Å². The van der Waals surface area contributed by atoms with Gasteiger partial charge in [0.25, 0.3) is 0 Å². The summed E-state index contributed by atoms with van der Waals surface area (Å²) in [6.45, 7) is 5.67. The van der Waals surface area contributed by atoms with Crippen LogP contribution in [0, 0.1) is 0 Å². The highest BCUT2D eigenvalue weighted by Gasteiger charge is 1.98. The molecule has 0 spiro atoms. The third-order valence-electron chi connectivity index (χ3n) is 2.60. The summed E-state index contributed by atoms with van der Waals surface area (Å²) < 4.78 is 4.83. The first-order valence-electron chi connectivity index (χ1n) is 6.47. The lowest BCUT2D eigenvalue weighted by atomic mass is 10.0. The summed E-state index contributed by atoms with van der Waals surface area (Å²) in [5, 5.41) is 0. The molecule has 0 aliphatic carbocycles. The van der Waals surface area contributed by atoms with Crippen LogP contribution in [-0.4, -0.2) is 13.2 Å². The molecule has 3 heteroatoms. The topological polar surface area (TPSA) is 61.3 Å². The lowest BCUT2D eigenvalue weighted by Crippen LogP contribution is -1.94. The molecule has 3 nitrogen and oxygen atoms in total. The number of hydrogen-bond acceptors (Lipinski definition) is 3. The SMILES string of the molecule is CCOCC.Nc1ccc(-c2ccccc2)cc1N. The van der Waals surface area contributed by atoms with Gasteiger partial charge >= 0.3 is 0 Å². The molecular weight excluding hydrogens is 236 g/mol. The van der Waals surface area contributed by atoms with Gasteiger partial charge in [-0.1, -0.05) is 36.4 Å². The normalized spacial score (nSPS) is 9.58. The minimum absolute atomic E-state index is 0.629. The zero-order valence-corrected chi connectivity index (χ0v) is 11.6. The molecule has 0 aromatic heterocycles. The number of benzene rings is 2. The van der Waals surface area contributed by atoms with Crippen molar-refractivity contribution < 1.29 is 4.74 Å². The molecule has 102 valence electrons. The summed E-state index contributed by atoms with van der Waals surface area (Å²) in [5.74, 6) is 0. The van der Waals surface area contributed by atoms with Gasteiger partial charge in [0.15, 0.2) is 0 Å². The zero-order valence-electron chi connectivity index (χ0n) is 11.6. The van der Waals surface area contributed by atoms with E-state index in [-0.39, 0.29) is 0 Å². The minimum Gasteiger partial charge on any atom is -0.397 e. The molecule has 0 heterocycles. The van der Waals surface area contributed by atoms with E-state index in [0.29, 0.717) is 11.4 Å². The Bertz CT molecular complexity index is 481. The van der Waals surface area contributed by atoms with Crippen molar-refractivity contribution >= 4 is 11.4 Å². The predicted molar refractivity (Wildman–Crippen MR) is 82.9 cm³/mol. The molecule has 2 rings (SSSR count). The van der Waals surface area contributed by atoms with Gasteiger partial charge in [-0.15, -0.1) is 0 Å². The van der Waals surface area contributed by atoms with E-state index < -0.39 is 0 Å². The van der Waals surface area contributed by atoms with Gasteiger partial charge in [-0.3, -0.25) is 0 Å². The van der Waals surface area contributed by atoms with E-state index in [1.807, 2.05) is 62.4 Å². The molecule has 0 atom stereocenters. The van der Waals surface area contributed by atoms with E-state index in [9.17, 15) is 0 Å². The number of nitrogens with two attached hydrogens (primary N) is 2. The molecule has 0 fully saturated rings. The molecule has 0 saturated carbocycles. The molecule has 0 radical (unpaired) electrons. The second-order valence-electron chi connectivity index (χ2n) is 3.99. The Kier molecular flexibility index (Phi) is 6.47. The lowest BCUT2D eigenvalue weighted by Gasteiger charge is -2.04. The van der Waals surface area contributed by atoms with Gasteiger partial charge in [0.05, 0.1) is 11.4 Å². The van der Waals surface area contributed by atoms with Crippen LogP contribution < -0.4 is 11.5 Å². The molecule has 2 aromatic carbocycles. The van der Waals surface area contributed by atoms with Crippen molar-refractivity contribution in [2.45, 2.75) is 13.8 Å². The highest BCUT2D eigenvalue weighted by molar-refractivity contribution is 5.74. The predicted octanol–water partition coefficient (Wildman–Crippen LogP) is 3.56. The van der Waals surface area contributed by atoms with Gasteiger partial charge in [0.1, 0.15) is 0 Å². The van der Waals surface area contributed by atoms with Crippen molar-refractivity contribution in [3.8, 4) is 11.1 Å². The Labute approximate surface area is 115 Å². The van der Waals surface area contributed by atoms with E-state index in [2.05, 4.69) is 0 Å². The standard InChI is InChI=1S/C12H12N2.C4H10O/c13-11-7-6-10(8-12(11)14)9-4-2-1-3-5-9;1-3-5-4-2/h1-8H,13-14H2;3-4H2,1-2H3. The minimum atomic E-state index is 0.629. The quantitative estimate of drug-likeness (QED) is 0.827. The van der Waals surface area contributed by atoms with Crippen molar-refractivity contribution in [2.24, 2.45) is 0 Å². The number of anilines is 2. The van der Waals surface area contributed by atoms with Crippen LogP contribution in [0.2, 0.25) is 0 Å². The third kappa shape index (κ3) is 5.02. The number of hydrogen-bond donors (Lipinski definition) is 2. The van der Waals surface area contributed by atoms with Gasteiger partial charge in [0, 0.05) is 13.2 Å². The fraction of sp³-hybridized carbons (Fsp3) is 0.250. The van der Waals surface area contributed by atoms with Crippen LogP contribution in [0.15, 0.2) is 48.5 Å².